The van der Waals surface area contributed by atoms with Crippen LogP contribution in [0.25, 0.3) is 0 Å². The molecule has 0 aliphatic heterocycles. The lowest BCUT2D eigenvalue weighted by atomic mass is 9.85. The third kappa shape index (κ3) is 2.10. The van der Waals surface area contributed by atoms with Gasteiger partial charge in [-0.3, -0.25) is 0 Å². The molecule has 0 aromatic heterocycles. The topological polar surface area (TPSA) is 46.3 Å². The van der Waals surface area contributed by atoms with Crippen molar-refractivity contribution in [1.82, 2.24) is 4.90 Å². The van der Waals surface area contributed by atoms with Gasteiger partial charge in [-0.25, -0.2) is 4.79 Å². The molecular weight excluding hydrogens is 140 g/mol. The molecule has 0 unspecified atom stereocenters. The number of urea groups is 1. The van der Waals surface area contributed by atoms with Gasteiger partial charge in [-0.15, -0.1) is 0 Å². The standard InChI is InChI=1S/C8H16N2O/c1-2-10(8(9)11)6-7-4-3-5-7/h7H,2-6H2,1H3,(H2,9,11). The van der Waals surface area contributed by atoms with E-state index >= 15 is 0 Å². The first-order valence-corrected chi connectivity index (χ1v) is 4.28. The molecule has 11 heavy (non-hydrogen) atoms. The van der Waals surface area contributed by atoms with Crippen molar-refractivity contribution in [2.75, 3.05) is 13.1 Å². The van der Waals surface area contributed by atoms with E-state index in [1.807, 2.05) is 6.92 Å². The third-order valence-electron chi connectivity index (χ3n) is 2.40. The zero-order chi connectivity index (χ0) is 8.27. The quantitative estimate of drug-likeness (QED) is 0.655. The Balaban J connectivity index is 2.24. The van der Waals surface area contributed by atoms with Crippen LogP contribution >= 0.6 is 0 Å². The summed E-state index contributed by atoms with van der Waals surface area (Å²) in [6, 6.07) is -0.278. The van der Waals surface area contributed by atoms with E-state index in [0.717, 1.165) is 19.0 Å². The van der Waals surface area contributed by atoms with Gasteiger partial charge in [0.2, 0.25) is 0 Å². The van der Waals surface area contributed by atoms with Gasteiger partial charge in [0, 0.05) is 13.1 Å². The summed E-state index contributed by atoms with van der Waals surface area (Å²) in [6.07, 6.45) is 3.86. The van der Waals surface area contributed by atoms with Crippen LogP contribution in [0.1, 0.15) is 26.2 Å². The number of nitrogens with zero attached hydrogens (tertiary/aromatic N) is 1. The summed E-state index contributed by atoms with van der Waals surface area (Å²) in [5.74, 6) is 0.724. The Morgan fingerprint density at radius 3 is 2.55 bits per heavy atom. The minimum atomic E-state index is -0.278. The third-order valence-corrected chi connectivity index (χ3v) is 2.40. The molecule has 1 aliphatic rings. The molecule has 1 aliphatic carbocycles. The maximum atomic E-state index is 10.8. The molecule has 0 spiro atoms. The normalized spacial score (nSPS) is 17.5. The SMILES string of the molecule is CCN(CC1CCC1)C(N)=O. The Morgan fingerprint density at radius 1 is 1.64 bits per heavy atom. The largest absolute Gasteiger partial charge is 0.351 e. The van der Waals surface area contributed by atoms with E-state index in [1.165, 1.54) is 19.3 Å². The zero-order valence-electron chi connectivity index (χ0n) is 7.05. The summed E-state index contributed by atoms with van der Waals surface area (Å²) in [5.41, 5.74) is 5.16. The fourth-order valence-corrected chi connectivity index (χ4v) is 1.36. The lowest BCUT2D eigenvalue weighted by molar-refractivity contribution is 0.179. The van der Waals surface area contributed by atoms with Crippen LogP contribution < -0.4 is 5.73 Å². The first-order chi connectivity index (χ1) is 5.24. The van der Waals surface area contributed by atoms with E-state index in [0.29, 0.717) is 0 Å². The van der Waals surface area contributed by atoms with Crippen LogP contribution in [0.15, 0.2) is 0 Å². The van der Waals surface area contributed by atoms with Crippen LogP contribution in [0.5, 0.6) is 0 Å². The Kier molecular flexibility index (Phi) is 2.74. The maximum absolute atomic E-state index is 10.8. The summed E-state index contributed by atoms with van der Waals surface area (Å²) in [6.45, 7) is 3.57. The first kappa shape index (κ1) is 8.37. The predicted molar refractivity (Wildman–Crippen MR) is 44.2 cm³/mol. The van der Waals surface area contributed by atoms with E-state index < -0.39 is 0 Å². The van der Waals surface area contributed by atoms with E-state index in [4.69, 9.17) is 5.73 Å². The lowest BCUT2D eigenvalue weighted by Crippen LogP contribution is -2.40. The molecule has 1 rings (SSSR count). The zero-order valence-corrected chi connectivity index (χ0v) is 7.05. The van der Waals surface area contributed by atoms with Gasteiger partial charge in [0.05, 0.1) is 0 Å². The molecule has 3 nitrogen and oxygen atoms in total. The first-order valence-electron chi connectivity index (χ1n) is 4.28. The van der Waals surface area contributed by atoms with E-state index in [9.17, 15) is 4.79 Å². The van der Waals surface area contributed by atoms with Gasteiger partial charge in [0.25, 0.3) is 0 Å². The Bertz CT molecular complexity index is 143. The highest BCUT2D eigenvalue weighted by Crippen LogP contribution is 2.26. The molecule has 0 aromatic carbocycles. The van der Waals surface area contributed by atoms with Gasteiger partial charge in [0.1, 0.15) is 0 Å². The molecular formula is C8H16N2O. The van der Waals surface area contributed by atoms with E-state index in [2.05, 4.69) is 0 Å². The van der Waals surface area contributed by atoms with Crippen LogP contribution in [-0.2, 0) is 0 Å². The summed E-state index contributed by atoms with van der Waals surface area (Å²) >= 11 is 0. The van der Waals surface area contributed by atoms with Gasteiger partial charge in [-0.05, 0) is 25.7 Å². The smallest absolute Gasteiger partial charge is 0.314 e. The van der Waals surface area contributed by atoms with Crippen LogP contribution in [0.2, 0.25) is 0 Å². The Labute approximate surface area is 67.5 Å². The van der Waals surface area contributed by atoms with Gasteiger partial charge >= 0.3 is 6.03 Å². The van der Waals surface area contributed by atoms with Crippen molar-refractivity contribution in [1.29, 1.82) is 0 Å². The molecule has 64 valence electrons. The highest BCUT2D eigenvalue weighted by molar-refractivity contribution is 5.71. The number of primary amides is 1. The molecule has 0 aromatic rings. The number of nitrogens with two attached hydrogens (primary N) is 1. The Morgan fingerprint density at radius 2 is 2.27 bits per heavy atom. The van der Waals surface area contributed by atoms with E-state index in [-0.39, 0.29) is 6.03 Å². The summed E-state index contributed by atoms with van der Waals surface area (Å²) in [4.78, 5) is 12.5. The van der Waals surface area contributed by atoms with Crippen molar-refractivity contribution >= 4 is 6.03 Å². The number of hydrogen-bond acceptors (Lipinski definition) is 1. The molecule has 2 amide bonds. The average molecular weight is 156 g/mol. The fraction of sp³-hybridized carbons (Fsp3) is 0.875. The lowest BCUT2D eigenvalue weighted by Gasteiger charge is -2.30. The minimum Gasteiger partial charge on any atom is -0.351 e. The molecule has 0 bridgehead atoms. The molecule has 2 N–H and O–H groups in total. The Hall–Kier alpha value is -0.730. The second kappa shape index (κ2) is 3.60. The molecule has 1 saturated carbocycles. The summed E-state index contributed by atoms with van der Waals surface area (Å²) < 4.78 is 0. The number of amides is 2. The number of carbonyl (C=O) groups is 1. The highest BCUT2D eigenvalue weighted by Gasteiger charge is 2.21. The van der Waals surface area contributed by atoms with E-state index in [1.54, 1.807) is 4.90 Å². The van der Waals surface area contributed by atoms with Crippen LogP contribution in [0.4, 0.5) is 4.79 Å². The molecule has 0 atom stereocenters. The number of rotatable bonds is 3. The van der Waals surface area contributed by atoms with Gasteiger partial charge in [0.15, 0.2) is 0 Å². The van der Waals surface area contributed by atoms with Gasteiger partial charge < -0.3 is 10.6 Å². The van der Waals surface area contributed by atoms with Crippen molar-refractivity contribution in [2.24, 2.45) is 11.7 Å². The number of hydrogen-bond donors (Lipinski definition) is 1. The summed E-state index contributed by atoms with van der Waals surface area (Å²) in [5, 5.41) is 0. The number of carbonyl (C=O) groups excluding carboxylic acids is 1. The summed E-state index contributed by atoms with van der Waals surface area (Å²) in [7, 11) is 0. The molecule has 0 radical (unpaired) electrons. The van der Waals surface area contributed by atoms with Crippen molar-refractivity contribution < 1.29 is 4.79 Å². The minimum absolute atomic E-state index is 0.278. The van der Waals surface area contributed by atoms with Crippen molar-refractivity contribution in [2.45, 2.75) is 26.2 Å². The predicted octanol–water partition coefficient (Wildman–Crippen LogP) is 1.19. The van der Waals surface area contributed by atoms with Crippen LogP contribution in [0.3, 0.4) is 0 Å². The fourth-order valence-electron chi connectivity index (χ4n) is 1.36. The second-order valence-corrected chi connectivity index (χ2v) is 3.17. The van der Waals surface area contributed by atoms with Gasteiger partial charge in [-0.1, -0.05) is 6.42 Å². The van der Waals surface area contributed by atoms with Crippen molar-refractivity contribution in [3.63, 3.8) is 0 Å². The molecule has 0 heterocycles. The van der Waals surface area contributed by atoms with Gasteiger partial charge in [-0.2, -0.15) is 0 Å². The second-order valence-electron chi connectivity index (χ2n) is 3.17. The van der Waals surface area contributed by atoms with Crippen molar-refractivity contribution in [3.8, 4) is 0 Å². The average Bonchev–Trinajstić information content (AvgIpc) is 1.85. The molecule has 1 fully saturated rings. The van der Waals surface area contributed by atoms with Crippen molar-refractivity contribution in [3.05, 3.63) is 0 Å². The van der Waals surface area contributed by atoms with Crippen LogP contribution in [0, 0.1) is 5.92 Å². The monoisotopic (exact) mass is 156 g/mol. The molecule has 0 saturated heterocycles. The molecule has 3 heteroatoms. The maximum Gasteiger partial charge on any atom is 0.314 e. The highest BCUT2D eigenvalue weighted by atomic mass is 16.2. The van der Waals surface area contributed by atoms with Crippen LogP contribution in [-0.4, -0.2) is 24.0 Å².